The first-order valence-electron chi connectivity index (χ1n) is 11.8. The molecule has 1 aliphatic carbocycles. The first-order valence-corrected chi connectivity index (χ1v) is 12.2. The predicted octanol–water partition coefficient (Wildman–Crippen LogP) is 4.91. The molecule has 1 saturated carbocycles. The summed E-state index contributed by atoms with van der Waals surface area (Å²) in [6, 6.07) is 17.0. The number of carbonyl (C=O) groups excluding carboxylic acids is 1. The van der Waals surface area contributed by atoms with Gasteiger partial charge in [-0.15, -0.1) is 0 Å². The molecular weight excluding hydrogens is 450 g/mol. The summed E-state index contributed by atoms with van der Waals surface area (Å²) in [5.41, 5.74) is 3.28. The smallest absolute Gasteiger partial charge is 0.262 e. The van der Waals surface area contributed by atoms with Crippen molar-refractivity contribution < 1.29 is 14.3 Å². The number of fused-ring (bicyclic) bond motifs is 1. The molecule has 1 amide bonds. The van der Waals surface area contributed by atoms with Gasteiger partial charge in [0.05, 0.1) is 24.0 Å². The molecule has 7 heteroatoms. The van der Waals surface area contributed by atoms with E-state index in [9.17, 15) is 4.79 Å². The molecule has 0 radical (unpaired) electrons. The summed E-state index contributed by atoms with van der Waals surface area (Å²) in [6.45, 7) is 3.99. The van der Waals surface area contributed by atoms with E-state index in [0.717, 1.165) is 35.8 Å². The molecule has 174 valence electrons. The van der Waals surface area contributed by atoms with Crippen molar-refractivity contribution in [2.75, 3.05) is 37.7 Å². The van der Waals surface area contributed by atoms with Crippen LogP contribution in [0.15, 0.2) is 60.8 Å². The molecule has 3 aromatic rings. The van der Waals surface area contributed by atoms with Gasteiger partial charge in [-0.3, -0.25) is 9.69 Å². The van der Waals surface area contributed by atoms with Gasteiger partial charge in [0.1, 0.15) is 18.5 Å². The number of hydrogen-bond acceptors (Lipinski definition) is 5. The van der Waals surface area contributed by atoms with Crippen LogP contribution >= 0.6 is 11.6 Å². The van der Waals surface area contributed by atoms with Crippen molar-refractivity contribution in [3.8, 4) is 22.8 Å². The zero-order valence-corrected chi connectivity index (χ0v) is 19.6. The normalized spacial score (nSPS) is 18.6. The summed E-state index contributed by atoms with van der Waals surface area (Å²) in [6.07, 6.45) is 4.66. The Labute approximate surface area is 204 Å². The van der Waals surface area contributed by atoms with Crippen LogP contribution in [-0.2, 0) is 0 Å². The van der Waals surface area contributed by atoms with Crippen molar-refractivity contribution in [1.29, 1.82) is 0 Å². The van der Waals surface area contributed by atoms with Crippen LogP contribution in [0.2, 0.25) is 5.02 Å². The standard InChI is InChI=1S/C27H26ClN3O3/c28-21-6-3-19(4-7-21)20-5-9-24-25(13-20)33-12-11-31(27(24)32)22-8-10-26(29-14-22)34-23-16-30(17-23)15-18-1-2-18/h3-10,13-14,18,23H,1-2,11-12,15-17H2. The molecule has 6 nitrogen and oxygen atoms in total. The van der Waals surface area contributed by atoms with Gasteiger partial charge in [0.15, 0.2) is 0 Å². The molecule has 0 spiro atoms. The van der Waals surface area contributed by atoms with Gasteiger partial charge >= 0.3 is 0 Å². The van der Waals surface area contributed by atoms with E-state index < -0.39 is 0 Å². The van der Waals surface area contributed by atoms with Crippen molar-refractivity contribution in [2.45, 2.75) is 18.9 Å². The fourth-order valence-corrected chi connectivity index (χ4v) is 4.69. The number of carbonyl (C=O) groups is 1. The van der Waals surface area contributed by atoms with Crippen LogP contribution in [0.4, 0.5) is 5.69 Å². The zero-order chi connectivity index (χ0) is 23.1. The number of pyridine rings is 1. The number of benzene rings is 2. The lowest BCUT2D eigenvalue weighted by molar-refractivity contribution is 0.0144. The molecule has 0 bridgehead atoms. The Morgan fingerprint density at radius 1 is 1.03 bits per heavy atom. The summed E-state index contributed by atoms with van der Waals surface area (Å²) in [4.78, 5) is 22.0. The molecule has 1 saturated heterocycles. The Morgan fingerprint density at radius 2 is 1.82 bits per heavy atom. The van der Waals surface area contributed by atoms with Crippen molar-refractivity contribution >= 4 is 23.2 Å². The highest BCUT2D eigenvalue weighted by Gasteiger charge is 2.33. The first kappa shape index (κ1) is 21.4. The van der Waals surface area contributed by atoms with E-state index in [1.807, 2.05) is 54.6 Å². The highest BCUT2D eigenvalue weighted by atomic mass is 35.5. The average Bonchev–Trinajstić information content (AvgIpc) is 3.66. The van der Waals surface area contributed by atoms with Crippen LogP contribution in [0.1, 0.15) is 23.2 Å². The van der Waals surface area contributed by atoms with Crippen LogP contribution in [0, 0.1) is 5.92 Å². The van der Waals surface area contributed by atoms with Crippen molar-refractivity contribution in [3.05, 3.63) is 71.4 Å². The summed E-state index contributed by atoms with van der Waals surface area (Å²) in [5, 5.41) is 0.689. The Morgan fingerprint density at radius 3 is 2.56 bits per heavy atom. The van der Waals surface area contributed by atoms with Crippen molar-refractivity contribution in [3.63, 3.8) is 0 Å². The number of aromatic nitrogens is 1. The van der Waals surface area contributed by atoms with Gasteiger partial charge in [-0.05, 0) is 60.2 Å². The number of amides is 1. The van der Waals surface area contributed by atoms with E-state index >= 15 is 0 Å². The first-order chi connectivity index (χ1) is 16.6. The molecule has 3 heterocycles. The molecule has 2 aromatic carbocycles. The maximum Gasteiger partial charge on any atom is 0.262 e. The van der Waals surface area contributed by atoms with Gasteiger partial charge in [0.25, 0.3) is 5.91 Å². The average molecular weight is 476 g/mol. The molecule has 0 atom stereocenters. The second-order valence-electron chi connectivity index (χ2n) is 9.28. The zero-order valence-electron chi connectivity index (χ0n) is 18.8. The van der Waals surface area contributed by atoms with Gasteiger partial charge < -0.3 is 14.4 Å². The monoisotopic (exact) mass is 475 g/mol. The third-order valence-corrected chi connectivity index (χ3v) is 6.92. The lowest BCUT2D eigenvalue weighted by Gasteiger charge is -2.38. The van der Waals surface area contributed by atoms with E-state index in [1.54, 1.807) is 11.1 Å². The predicted molar refractivity (Wildman–Crippen MR) is 132 cm³/mol. The molecule has 2 fully saturated rings. The molecule has 34 heavy (non-hydrogen) atoms. The highest BCUT2D eigenvalue weighted by molar-refractivity contribution is 6.30. The minimum atomic E-state index is -0.0969. The molecule has 6 rings (SSSR count). The van der Waals surface area contributed by atoms with E-state index in [2.05, 4.69) is 9.88 Å². The molecule has 0 unspecified atom stereocenters. The van der Waals surface area contributed by atoms with E-state index in [1.165, 1.54) is 19.4 Å². The van der Waals surface area contributed by atoms with Crippen LogP contribution in [0.5, 0.6) is 11.6 Å². The molecular formula is C27H26ClN3O3. The lowest BCUT2D eigenvalue weighted by atomic mass is 10.0. The summed E-state index contributed by atoms with van der Waals surface area (Å²) in [5.74, 6) is 2.00. The quantitative estimate of drug-likeness (QED) is 0.507. The fourth-order valence-electron chi connectivity index (χ4n) is 4.56. The minimum absolute atomic E-state index is 0.0969. The molecule has 3 aliphatic rings. The Bertz CT molecular complexity index is 1190. The lowest BCUT2D eigenvalue weighted by Crippen LogP contribution is -2.54. The minimum Gasteiger partial charge on any atom is -0.491 e. The van der Waals surface area contributed by atoms with E-state index in [4.69, 9.17) is 21.1 Å². The van der Waals surface area contributed by atoms with Crippen molar-refractivity contribution in [2.24, 2.45) is 5.92 Å². The number of halogens is 1. The van der Waals surface area contributed by atoms with E-state index in [-0.39, 0.29) is 12.0 Å². The summed E-state index contributed by atoms with van der Waals surface area (Å²) >= 11 is 6.01. The van der Waals surface area contributed by atoms with Crippen LogP contribution < -0.4 is 14.4 Å². The maximum atomic E-state index is 13.3. The van der Waals surface area contributed by atoms with Crippen molar-refractivity contribution in [1.82, 2.24) is 9.88 Å². The molecule has 0 N–H and O–H groups in total. The van der Waals surface area contributed by atoms with Crippen LogP contribution in [0.3, 0.4) is 0 Å². The maximum absolute atomic E-state index is 13.3. The van der Waals surface area contributed by atoms with Gasteiger partial charge in [0, 0.05) is 30.7 Å². The van der Waals surface area contributed by atoms with Crippen LogP contribution in [0.25, 0.3) is 11.1 Å². The number of hydrogen-bond donors (Lipinski definition) is 0. The number of likely N-dealkylation sites (tertiary alicyclic amines) is 1. The SMILES string of the molecule is O=C1c2ccc(-c3ccc(Cl)cc3)cc2OCCN1c1ccc(OC2CN(CC3CC3)C2)nc1. The summed E-state index contributed by atoms with van der Waals surface area (Å²) < 4.78 is 12.0. The Hall–Kier alpha value is -3.09. The topological polar surface area (TPSA) is 54.9 Å². The van der Waals surface area contributed by atoms with Crippen LogP contribution in [-0.4, -0.2) is 54.7 Å². The number of anilines is 1. The summed E-state index contributed by atoms with van der Waals surface area (Å²) in [7, 11) is 0. The largest absolute Gasteiger partial charge is 0.491 e. The van der Waals surface area contributed by atoms with Gasteiger partial charge in [-0.25, -0.2) is 4.98 Å². The van der Waals surface area contributed by atoms with Gasteiger partial charge in [0.2, 0.25) is 5.88 Å². The second kappa shape index (κ2) is 8.93. The van der Waals surface area contributed by atoms with Gasteiger partial charge in [-0.2, -0.15) is 0 Å². The number of nitrogens with zero attached hydrogens (tertiary/aromatic N) is 3. The van der Waals surface area contributed by atoms with E-state index in [0.29, 0.717) is 35.4 Å². The third kappa shape index (κ3) is 4.48. The molecule has 2 aliphatic heterocycles. The molecule has 1 aromatic heterocycles. The third-order valence-electron chi connectivity index (χ3n) is 6.66. The van der Waals surface area contributed by atoms with Gasteiger partial charge in [-0.1, -0.05) is 29.8 Å². The fraction of sp³-hybridized carbons (Fsp3) is 0.333. The Balaban J connectivity index is 1.14. The number of ether oxygens (including phenoxy) is 2. The highest BCUT2D eigenvalue weighted by Crippen LogP contribution is 2.33. The number of rotatable bonds is 6. The second-order valence-corrected chi connectivity index (χ2v) is 9.72. The Kier molecular flexibility index (Phi) is 5.63.